The first-order valence-electron chi connectivity index (χ1n) is 9.14. The topological polar surface area (TPSA) is 91.6 Å². The van der Waals surface area contributed by atoms with Gasteiger partial charge in [-0.3, -0.25) is 15.0 Å². The van der Waals surface area contributed by atoms with Gasteiger partial charge in [0.15, 0.2) is 0 Å². The number of fused-ring (bicyclic) bond motifs is 1. The van der Waals surface area contributed by atoms with Crippen LogP contribution in [0.25, 0.3) is 17.0 Å². The third kappa shape index (κ3) is 2.97. The number of benzene rings is 2. The van der Waals surface area contributed by atoms with E-state index >= 15 is 0 Å². The van der Waals surface area contributed by atoms with E-state index in [0.29, 0.717) is 16.9 Å². The zero-order valence-electron chi connectivity index (χ0n) is 15.9. The van der Waals surface area contributed by atoms with E-state index in [1.54, 1.807) is 48.8 Å². The minimum Gasteiger partial charge on any atom is -0.480 e. The fourth-order valence-corrected chi connectivity index (χ4v) is 3.67. The second-order valence-electron chi connectivity index (χ2n) is 6.88. The lowest BCUT2D eigenvalue weighted by atomic mass is 10.1. The number of anilines is 1. The Hall–Kier alpha value is -3.87. The van der Waals surface area contributed by atoms with Crippen LogP contribution in [-0.4, -0.2) is 27.5 Å². The van der Waals surface area contributed by atoms with Crippen molar-refractivity contribution >= 4 is 40.4 Å². The summed E-state index contributed by atoms with van der Waals surface area (Å²) in [6.07, 6.45) is 1.54. The standard InChI is InChI=1S/C22H19N3O4/c1-13-17(16-10-6-7-11-19(16)24(13)14(2)22(28)29)12-18-20(26)23-25(21(18)27)15-8-4-3-5-9-15/h3-12,14H,1-2H3,(H,23,26)(H,28,29). The Morgan fingerprint density at radius 1 is 1.07 bits per heavy atom. The Morgan fingerprint density at radius 2 is 1.72 bits per heavy atom. The Bertz CT molecular complexity index is 1180. The van der Waals surface area contributed by atoms with Crippen LogP contribution in [0.15, 0.2) is 60.2 Å². The number of carbonyl (C=O) groups excluding carboxylic acids is 2. The number of carboxylic acid groups (broad SMARTS) is 1. The van der Waals surface area contributed by atoms with Gasteiger partial charge in [-0.2, -0.15) is 0 Å². The molecule has 0 aliphatic carbocycles. The average Bonchev–Trinajstić information content (AvgIpc) is 3.16. The molecule has 0 saturated carbocycles. The lowest BCUT2D eigenvalue weighted by molar-refractivity contribution is -0.140. The largest absolute Gasteiger partial charge is 0.480 e. The number of rotatable bonds is 4. The highest BCUT2D eigenvalue weighted by Gasteiger charge is 2.35. The van der Waals surface area contributed by atoms with Gasteiger partial charge in [-0.1, -0.05) is 36.4 Å². The van der Waals surface area contributed by atoms with Crippen molar-refractivity contribution in [1.29, 1.82) is 0 Å². The summed E-state index contributed by atoms with van der Waals surface area (Å²) in [5.74, 6) is -1.91. The molecule has 1 saturated heterocycles. The van der Waals surface area contributed by atoms with E-state index in [2.05, 4.69) is 5.43 Å². The first-order chi connectivity index (χ1) is 13.9. The lowest BCUT2D eigenvalue weighted by Crippen LogP contribution is -2.35. The molecule has 0 spiro atoms. The van der Waals surface area contributed by atoms with Crippen molar-refractivity contribution in [1.82, 2.24) is 9.99 Å². The Morgan fingerprint density at radius 3 is 2.41 bits per heavy atom. The van der Waals surface area contributed by atoms with Crippen molar-refractivity contribution in [3.8, 4) is 0 Å². The second kappa shape index (κ2) is 6.94. The van der Waals surface area contributed by atoms with E-state index in [9.17, 15) is 19.5 Å². The van der Waals surface area contributed by atoms with Crippen LogP contribution in [0.1, 0.15) is 24.2 Å². The molecule has 2 amide bonds. The molecule has 0 bridgehead atoms. The normalized spacial score (nSPS) is 16.5. The van der Waals surface area contributed by atoms with Crippen LogP contribution in [0.5, 0.6) is 0 Å². The van der Waals surface area contributed by atoms with E-state index in [-0.39, 0.29) is 5.57 Å². The van der Waals surface area contributed by atoms with Gasteiger partial charge in [0.05, 0.1) is 5.69 Å². The molecule has 29 heavy (non-hydrogen) atoms. The number of hydrogen-bond acceptors (Lipinski definition) is 3. The zero-order valence-corrected chi connectivity index (χ0v) is 15.9. The molecule has 0 radical (unpaired) electrons. The van der Waals surface area contributed by atoms with Crippen LogP contribution in [0, 0.1) is 6.92 Å². The van der Waals surface area contributed by atoms with Crippen molar-refractivity contribution in [2.45, 2.75) is 19.9 Å². The molecule has 3 aromatic rings. The van der Waals surface area contributed by atoms with Crippen LogP contribution in [0.4, 0.5) is 5.69 Å². The number of para-hydroxylation sites is 2. The predicted molar refractivity (Wildman–Crippen MR) is 109 cm³/mol. The molecule has 2 heterocycles. The Balaban J connectivity index is 1.85. The molecular weight excluding hydrogens is 370 g/mol. The molecule has 1 atom stereocenters. The van der Waals surface area contributed by atoms with Crippen LogP contribution in [0.3, 0.4) is 0 Å². The van der Waals surface area contributed by atoms with Gasteiger partial charge >= 0.3 is 5.97 Å². The van der Waals surface area contributed by atoms with Gasteiger partial charge < -0.3 is 9.67 Å². The van der Waals surface area contributed by atoms with E-state index in [1.807, 2.05) is 30.3 Å². The predicted octanol–water partition coefficient (Wildman–Crippen LogP) is 3.06. The van der Waals surface area contributed by atoms with Crippen LogP contribution < -0.4 is 10.4 Å². The maximum atomic E-state index is 12.9. The molecule has 1 unspecified atom stereocenters. The number of carbonyl (C=O) groups is 3. The molecular formula is C22H19N3O4. The van der Waals surface area contributed by atoms with Gasteiger partial charge in [-0.05, 0) is 38.1 Å². The number of hydrazine groups is 1. The van der Waals surface area contributed by atoms with Crippen LogP contribution in [0.2, 0.25) is 0 Å². The highest BCUT2D eigenvalue weighted by molar-refractivity contribution is 6.32. The molecule has 1 aromatic heterocycles. The quantitative estimate of drug-likeness (QED) is 0.530. The third-order valence-electron chi connectivity index (χ3n) is 5.14. The average molecular weight is 389 g/mol. The van der Waals surface area contributed by atoms with Gasteiger partial charge in [0.2, 0.25) is 0 Å². The smallest absolute Gasteiger partial charge is 0.326 e. The van der Waals surface area contributed by atoms with E-state index in [4.69, 9.17) is 0 Å². The summed E-state index contributed by atoms with van der Waals surface area (Å²) in [6, 6.07) is 15.4. The zero-order chi connectivity index (χ0) is 20.7. The first-order valence-corrected chi connectivity index (χ1v) is 9.14. The fraction of sp³-hybridized carbons (Fsp3) is 0.136. The van der Waals surface area contributed by atoms with Crippen molar-refractivity contribution in [2.24, 2.45) is 0 Å². The summed E-state index contributed by atoms with van der Waals surface area (Å²) in [4.78, 5) is 37.0. The fourth-order valence-electron chi connectivity index (χ4n) is 3.67. The van der Waals surface area contributed by atoms with E-state index in [1.165, 1.54) is 5.01 Å². The van der Waals surface area contributed by atoms with Gasteiger partial charge in [-0.15, -0.1) is 0 Å². The number of amides is 2. The number of nitrogens with zero attached hydrogens (tertiary/aromatic N) is 2. The highest BCUT2D eigenvalue weighted by Crippen LogP contribution is 2.32. The minimum atomic E-state index is -0.960. The van der Waals surface area contributed by atoms with Crippen molar-refractivity contribution in [3.05, 3.63) is 71.4 Å². The number of carboxylic acids is 1. The highest BCUT2D eigenvalue weighted by atomic mass is 16.4. The van der Waals surface area contributed by atoms with Crippen molar-refractivity contribution in [3.63, 3.8) is 0 Å². The monoisotopic (exact) mass is 389 g/mol. The number of hydrogen-bond donors (Lipinski definition) is 2. The molecule has 1 fully saturated rings. The third-order valence-corrected chi connectivity index (χ3v) is 5.14. The van der Waals surface area contributed by atoms with Crippen LogP contribution in [-0.2, 0) is 14.4 Å². The molecule has 146 valence electrons. The Labute approximate surface area is 166 Å². The molecule has 1 aliphatic heterocycles. The number of aliphatic carboxylic acids is 1. The van der Waals surface area contributed by atoms with Crippen LogP contribution >= 0.6 is 0 Å². The number of aromatic nitrogens is 1. The SMILES string of the molecule is Cc1c(C=C2C(=O)NN(c3ccccc3)C2=O)c2ccccc2n1C(C)C(=O)O. The summed E-state index contributed by atoms with van der Waals surface area (Å²) >= 11 is 0. The summed E-state index contributed by atoms with van der Waals surface area (Å²) in [5.41, 5.74) is 5.21. The van der Waals surface area contributed by atoms with E-state index in [0.717, 1.165) is 10.9 Å². The summed E-state index contributed by atoms with van der Waals surface area (Å²) < 4.78 is 1.70. The maximum absolute atomic E-state index is 12.9. The summed E-state index contributed by atoms with van der Waals surface area (Å²) in [6.45, 7) is 3.39. The maximum Gasteiger partial charge on any atom is 0.326 e. The number of nitrogens with one attached hydrogen (secondary N) is 1. The Kier molecular flexibility index (Phi) is 4.43. The molecule has 1 aliphatic rings. The second-order valence-corrected chi connectivity index (χ2v) is 6.88. The van der Waals surface area contributed by atoms with Gasteiger partial charge in [0.1, 0.15) is 11.6 Å². The van der Waals surface area contributed by atoms with Crippen molar-refractivity contribution < 1.29 is 19.5 Å². The molecule has 2 aromatic carbocycles. The molecule has 7 heteroatoms. The molecule has 4 rings (SSSR count). The summed E-state index contributed by atoms with van der Waals surface area (Å²) in [7, 11) is 0. The van der Waals surface area contributed by atoms with E-state index < -0.39 is 23.8 Å². The van der Waals surface area contributed by atoms with Gasteiger partial charge in [0.25, 0.3) is 11.8 Å². The van der Waals surface area contributed by atoms with Crippen molar-refractivity contribution in [2.75, 3.05) is 5.01 Å². The lowest BCUT2D eigenvalue weighted by Gasteiger charge is -2.14. The van der Waals surface area contributed by atoms with Gasteiger partial charge in [0, 0.05) is 22.2 Å². The first kappa shape index (κ1) is 18.5. The molecule has 7 nitrogen and oxygen atoms in total. The van der Waals surface area contributed by atoms with Gasteiger partial charge in [-0.25, -0.2) is 9.80 Å². The summed E-state index contributed by atoms with van der Waals surface area (Å²) in [5, 5.41) is 11.5. The minimum absolute atomic E-state index is 0.00262. The molecule has 2 N–H and O–H groups in total.